The van der Waals surface area contributed by atoms with E-state index in [1.165, 1.54) is 24.4 Å². The van der Waals surface area contributed by atoms with Crippen molar-refractivity contribution in [2.75, 3.05) is 0 Å². The fraction of sp³-hybridized carbons (Fsp3) is 0.125. The number of halogens is 6. The molecular formula is C16H8ClF5N2O3. The largest absolute Gasteiger partial charge is 0.415 e. The van der Waals surface area contributed by atoms with Gasteiger partial charge in [-0.3, -0.25) is 9.36 Å². The van der Waals surface area contributed by atoms with E-state index < -0.39 is 42.0 Å². The van der Waals surface area contributed by atoms with Crippen molar-refractivity contribution < 1.29 is 31.4 Å². The number of pyridine rings is 2. The van der Waals surface area contributed by atoms with Crippen molar-refractivity contribution in [1.29, 1.82) is 0 Å². The summed E-state index contributed by atoms with van der Waals surface area (Å²) in [6.45, 7) is -6.85. The summed E-state index contributed by atoms with van der Waals surface area (Å²) < 4.78 is 72.7. The highest BCUT2D eigenvalue weighted by atomic mass is 35.5. The van der Waals surface area contributed by atoms with Gasteiger partial charge in [0.25, 0.3) is 11.4 Å². The molecule has 3 aromatic rings. The second kappa shape index (κ2) is 7.39. The average molecular weight is 407 g/mol. The van der Waals surface area contributed by atoms with Gasteiger partial charge in [0.1, 0.15) is 5.69 Å². The van der Waals surface area contributed by atoms with Crippen LogP contribution < -0.4 is 15.0 Å². The van der Waals surface area contributed by atoms with Crippen LogP contribution in [-0.4, -0.2) is 22.8 Å². The fourth-order valence-electron chi connectivity index (χ4n) is 2.36. The molecule has 0 fully saturated rings. The molecule has 0 aliphatic carbocycles. The lowest BCUT2D eigenvalue weighted by Crippen LogP contribution is -2.20. The summed E-state index contributed by atoms with van der Waals surface area (Å²) in [5, 5.41) is 0.843. The lowest BCUT2D eigenvalue weighted by molar-refractivity contribution is -0.0619. The minimum Gasteiger partial charge on any atom is -0.415 e. The molecule has 11 heteroatoms. The van der Waals surface area contributed by atoms with Crippen LogP contribution in [0.25, 0.3) is 16.5 Å². The third kappa shape index (κ3) is 3.95. The van der Waals surface area contributed by atoms with Crippen LogP contribution in [0.1, 0.15) is 0 Å². The highest BCUT2D eigenvalue weighted by Gasteiger charge is 2.21. The molecule has 27 heavy (non-hydrogen) atoms. The molecular weight excluding hydrogens is 399 g/mol. The van der Waals surface area contributed by atoms with Crippen molar-refractivity contribution >= 4 is 22.4 Å². The van der Waals surface area contributed by atoms with E-state index in [1.54, 1.807) is 6.07 Å². The van der Waals surface area contributed by atoms with Crippen LogP contribution in [0.15, 0.2) is 41.3 Å². The number of rotatable bonds is 5. The van der Waals surface area contributed by atoms with Crippen molar-refractivity contribution in [3.63, 3.8) is 0 Å². The Morgan fingerprint density at radius 1 is 1.00 bits per heavy atom. The monoisotopic (exact) mass is 406 g/mol. The van der Waals surface area contributed by atoms with Crippen molar-refractivity contribution in [3.05, 3.63) is 57.7 Å². The van der Waals surface area contributed by atoms with Gasteiger partial charge in [0.2, 0.25) is 5.88 Å². The van der Waals surface area contributed by atoms with Crippen LogP contribution in [0.3, 0.4) is 0 Å². The van der Waals surface area contributed by atoms with Gasteiger partial charge in [-0.25, -0.2) is 4.39 Å². The second-order valence-corrected chi connectivity index (χ2v) is 5.52. The standard InChI is InChI=1S/C16H8ClF5N2O3/c17-8-2-1-7-3-4-24(14(25)9(7)5-8)11-6-10(18)12(26-15(19)20)23-13(11)27-16(21)22/h1-6,15-16H. The van der Waals surface area contributed by atoms with E-state index in [4.69, 9.17) is 11.6 Å². The molecule has 0 bridgehead atoms. The van der Waals surface area contributed by atoms with E-state index >= 15 is 0 Å². The Morgan fingerprint density at radius 3 is 2.33 bits per heavy atom. The van der Waals surface area contributed by atoms with Crippen LogP contribution in [0.2, 0.25) is 5.02 Å². The molecule has 0 spiro atoms. The van der Waals surface area contributed by atoms with Gasteiger partial charge < -0.3 is 9.47 Å². The zero-order valence-corrected chi connectivity index (χ0v) is 13.8. The normalized spacial score (nSPS) is 11.4. The number of fused-ring (bicyclic) bond motifs is 1. The van der Waals surface area contributed by atoms with E-state index in [9.17, 15) is 26.7 Å². The van der Waals surface area contributed by atoms with Crippen molar-refractivity contribution in [3.8, 4) is 17.4 Å². The summed E-state index contributed by atoms with van der Waals surface area (Å²) in [6, 6.07) is 6.40. The molecule has 142 valence electrons. The Morgan fingerprint density at radius 2 is 1.67 bits per heavy atom. The van der Waals surface area contributed by atoms with E-state index in [-0.39, 0.29) is 10.4 Å². The SMILES string of the molecule is O=c1c2cc(Cl)ccc2ccn1-c1cc(F)c(OC(F)F)nc1OC(F)F. The molecule has 1 aromatic carbocycles. The van der Waals surface area contributed by atoms with Crippen molar-refractivity contribution in [2.45, 2.75) is 13.2 Å². The molecule has 0 saturated heterocycles. The first-order valence-corrected chi connectivity index (χ1v) is 7.55. The summed E-state index contributed by atoms with van der Waals surface area (Å²) in [4.78, 5) is 15.9. The Labute approximate surface area is 152 Å². The van der Waals surface area contributed by atoms with Gasteiger partial charge in [-0.2, -0.15) is 22.5 Å². The van der Waals surface area contributed by atoms with Crippen molar-refractivity contribution in [1.82, 2.24) is 9.55 Å². The molecule has 3 rings (SSSR count). The minimum absolute atomic E-state index is 0.112. The van der Waals surface area contributed by atoms with Gasteiger partial charge in [0.15, 0.2) is 5.82 Å². The zero-order chi connectivity index (χ0) is 19.7. The first kappa shape index (κ1) is 18.9. The third-order valence-electron chi connectivity index (χ3n) is 3.42. The Bertz CT molecular complexity index is 1060. The average Bonchev–Trinajstić information content (AvgIpc) is 2.58. The van der Waals surface area contributed by atoms with Crippen LogP contribution in [0.4, 0.5) is 22.0 Å². The van der Waals surface area contributed by atoms with Crippen molar-refractivity contribution in [2.24, 2.45) is 0 Å². The topological polar surface area (TPSA) is 53.4 Å². The highest BCUT2D eigenvalue weighted by Crippen LogP contribution is 2.29. The zero-order valence-electron chi connectivity index (χ0n) is 13.0. The van der Waals surface area contributed by atoms with Crippen LogP contribution >= 0.6 is 11.6 Å². The van der Waals surface area contributed by atoms with Gasteiger partial charge in [0, 0.05) is 22.7 Å². The predicted octanol–water partition coefficient (Wildman–Crippen LogP) is 4.38. The highest BCUT2D eigenvalue weighted by molar-refractivity contribution is 6.31. The predicted molar refractivity (Wildman–Crippen MR) is 85.6 cm³/mol. The number of benzene rings is 1. The number of hydrogen-bond donors (Lipinski definition) is 0. The Hall–Kier alpha value is -2.88. The maximum absolute atomic E-state index is 14.0. The quantitative estimate of drug-likeness (QED) is 0.590. The number of aromatic nitrogens is 2. The second-order valence-electron chi connectivity index (χ2n) is 5.08. The number of ether oxygens (including phenoxy) is 2. The molecule has 0 radical (unpaired) electrons. The number of nitrogens with zero attached hydrogens (tertiary/aromatic N) is 2. The summed E-state index contributed by atoms with van der Waals surface area (Å²) in [5.41, 5.74) is -1.26. The molecule has 0 amide bonds. The van der Waals surface area contributed by atoms with Gasteiger partial charge in [-0.15, -0.1) is 0 Å². The van der Waals surface area contributed by atoms with Gasteiger partial charge in [0.05, 0.1) is 0 Å². The van der Waals surface area contributed by atoms with Crippen LogP contribution in [0, 0.1) is 5.82 Å². The molecule has 2 aromatic heterocycles. The summed E-state index contributed by atoms with van der Waals surface area (Å²) in [5.74, 6) is -3.61. The molecule has 0 atom stereocenters. The van der Waals surface area contributed by atoms with E-state index in [0.717, 1.165) is 4.57 Å². The Kier molecular flexibility index (Phi) is 5.17. The summed E-state index contributed by atoms with van der Waals surface area (Å²) in [6.07, 6.45) is 1.17. The summed E-state index contributed by atoms with van der Waals surface area (Å²) in [7, 11) is 0. The van der Waals surface area contributed by atoms with Crippen LogP contribution in [-0.2, 0) is 0 Å². The maximum atomic E-state index is 14.0. The third-order valence-corrected chi connectivity index (χ3v) is 3.65. The van der Waals surface area contributed by atoms with Gasteiger partial charge in [-0.05, 0) is 23.6 Å². The van der Waals surface area contributed by atoms with E-state index in [2.05, 4.69) is 14.5 Å². The first-order valence-electron chi connectivity index (χ1n) is 7.17. The van der Waals surface area contributed by atoms with Crippen LogP contribution in [0.5, 0.6) is 11.8 Å². The summed E-state index contributed by atoms with van der Waals surface area (Å²) >= 11 is 5.85. The van der Waals surface area contributed by atoms with Gasteiger partial charge in [-0.1, -0.05) is 17.7 Å². The lowest BCUT2D eigenvalue weighted by Gasteiger charge is -2.14. The molecule has 0 aliphatic heterocycles. The van der Waals surface area contributed by atoms with Gasteiger partial charge >= 0.3 is 13.2 Å². The molecule has 0 aliphatic rings. The molecule has 0 unspecified atom stereocenters. The molecule has 0 N–H and O–H groups in total. The minimum atomic E-state index is -3.44. The maximum Gasteiger partial charge on any atom is 0.388 e. The molecule has 0 saturated carbocycles. The number of alkyl halides is 4. The smallest absolute Gasteiger partial charge is 0.388 e. The first-order chi connectivity index (χ1) is 12.8. The molecule has 2 heterocycles. The fourth-order valence-corrected chi connectivity index (χ4v) is 2.53. The van der Waals surface area contributed by atoms with E-state index in [0.29, 0.717) is 11.5 Å². The molecule has 5 nitrogen and oxygen atoms in total. The Balaban J connectivity index is 2.23. The lowest BCUT2D eigenvalue weighted by atomic mass is 10.2. The van der Waals surface area contributed by atoms with E-state index in [1.807, 2.05) is 0 Å². The number of hydrogen-bond acceptors (Lipinski definition) is 4.